The first-order valence-electron chi connectivity index (χ1n) is 13.6. The number of hydrogen-bond donors (Lipinski definition) is 1. The number of rotatable bonds is 1. The van der Waals surface area contributed by atoms with E-state index in [0.29, 0.717) is 23.0 Å². The standard InChI is InChI=1S/C30H48O2/c1-25(2)10-8-11-28(5)23(25)9-12-30(7)24(28)22(32)17-20-21-18-26(3,19-31)13-14-27(21,4)15-16-29(20,30)6/h17,21,23-24,31H,8-16,18-19H2,1-7H3/t21-,23+,24-,26+,27-,28+,29-,30-/m1/s1. The van der Waals surface area contributed by atoms with Crippen molar-refractivity contribution in [1.29, 1.82) is 0 Å². The average molecular weight is 441 g/mol. The van der Waals surface area contributed by atoms with Crippen molar-refractivity contribution in [2.24, 2.45) is 50.2 Å². The Bertz CT molecular complexity index is 855. The van der Waals surface area contributed by atoms with E-state index in [4.69, 9.17) is 0 Å². The molecule has 0 amide bonds. The fourth-order valence-corrected chi connectivity index (χ4v) is 10.5. The summed E-state index contributed by atoms with van der Waals surface area (Å²) < 4.78 is 0. The number of aliphatic hydroxyl groups excluding tert-OH is 1. The summed E-state index contributed by atoms with van der Waals surface area (Å²) in [6.45, 7) is 17.5. The van der Waals surface area contributed by atoms with Gasteiger partial charge in [0.25, 0.3) is 0 Å². The van der Waals surface area contributed by atoms with Crippen LogP contribution in [0.2, 0.25) is 0 Å². The molecule has 0 aromatic rings. The van der Waals surface area contributed by atoms with Crippen LogP contribution in [-0.4, -0.2) is 17.5 Å². The summed E-state index contributed by atoms with van der Waals surface area (Å²) in [4.78, 5) is 14.2. The highest BCUT2D eigenvalue weighted by atomic mass is 16.3. The van der Waals surface area contributed by atoms with Crippen molar-refractivity contribution in [2.45, 2.75) is 113 Å². The Morgan fingerprint density at radius 2 is 1.59 bits per heavy atom. The van der Waals surface area contributed by atoms with Crippen molar-refractivity contribution in [3.05, 3.63) is 11.6 Å². The van der Waals surface area contributed by atoms with Crippen LogP contribution < -0.4 is 0 Å². The molecule has 0 unspecified atom stereocenters. The van der Waals surface area contributed by atoms with Gasteiger partial charge < -0.3 is 5.11 Å². The Morgan fingerprint density at radius 3 is 2.28 bits per heavy atom. The zero-order chi connectivity index (χ0) is 23.4. The molecule has 1 N–H and O–H groups in total. The molecule has 0 spiro atoms. The molecule has 2 heteroatoms. The monoisotopic (exact) mass is 440 g/mol. The van der Waals surface area contributed by atoms with E-state index in [0.717, 1.165) is 12.8 Å². The maximum absolute atomic E-state index is 14.2. The van der Waals surface area contributed by atoms with E-state index >= 15 is 0 Å². The number of aliphatic hydroxyl groups is 1. The minimum Gasteiger partial charge on any atom is -0.396 e. The molecule has 5 aliphatic carbocycles. The molecule has 0 aliphatic heterocycles. The van der Waals surface area contributed by atoms with Crippen molar-refractivity contribution in [2.75, 3.05) is 6.61 Å². The zero-order valence-electron chi connectivity index (χ0n) is 21.9. The van der Waals surface area contributed by atoms with E-state index in [2.05, 4.69) is 54.5 Å². The van der Waals surface area contributed by atoms with Crippen LogP contribution in [0.1, 0.15) is 113 Å². The number of fused-ring (bicyclic) bond motifs is 7. The zero-order valence-corrected chi connectivity index (χ0v) is 21.9. The van der Waals surface area contributed by atoms with Crippen LogP contribution in [0.5, 0.6) is 0 Å². The molecule has 0 aromatic heterocycles. The lowest BCUT2D eigenvalue weighted by atomic mass is 9.33. The van der Waals surface area contributed by atoms with Gasteiger partial charge in [-0.05, 0) is 108 Å². The SMILES string of the molecule is CC1(C)CCC[C@]2(C)[C@H]3C(=O)C=C4[C@H]5C[C@@](C)(CO)CC[C@]5(C)CC[C@@]4(C)[C@]3(C)CC[C@@H]12. The van der Waals surface area contributed by atoms with Crippen LogP contribution in [0, 0.1) is 50.2 Å². The van der Waals surface area contributed by atoms with Gasteiger partial charge in [0.05, 0.1) is 0 Å². The topological polar surface area (TPSA) is 37.3 Å². The average Bonchev–Trinajstić information content (AvgIpc) is 2.70. The van der Waals surface area contributed by atoms with E-state index in [1.807, 2.05) is 0 Å². The molecule has 5 aliphatic rings. The van der Waals surface area contributed by atoms with Crippen LogP contribution in [0.25, 0.3) is 0 Å². The lowest BCUT2D eigenvalue weighted by molar-refractivity contribution is -0.185. The number of carbonyl (C=O) groups excluding carboxylic acids is 1. The number of hydrogen-bond acceptors (Lipinski definition) is 2. The maximum Gasteiger partial charge on any atom is 0.159 e. The van der Waals surface area contributed by atoms with Crippen molar-refractivity contribution in [1.82, 2.24) is 0 Å². The first-order valence-corrected chi connectivity index (χ1v) is 13.6. The molecule has 0 aromatic carbocycles. The van der Waals surface area contributed by atoms with Crippen LogP contribution in [0.15, 0.2) is 11.6 Å². The molecule has 8 atom stereocenters. The van der Waals surface area contributed by atoms with Gasteiger partial charge in [0.2, 0.25) is 0 Å². The highest BCUT2D eigenvalue weighted by molar-refractivity contribution is 5.95. The van der Waals surface area contributed by atoms with Gasteiger partial charge in [0.1, 0.15) is 0 Å². The van der Waals surface area contributed by atoms with E-state index in [1.165, 1.54) is 56.9 Å². The van der Waals surface area contributed by atoms with Gasteiger partial charge >= 0.3 is 0 Å². The molecular weight excluding hydrogens is 392 g/mol. The maximum atomic E-state index is 14.2. The Hall–Kier alpha value is -0.630. The first-order chi connectivity index (χ1) is 14.7. The third kappa shape index (κ3) is 2.77. The van der Waals surface area contributed by atoms with Crippen LogP contribution in [-0.2, 0) is 4.79 Å². The van der Waals surface area contributed by atoms with Crippen LogP contribution in [0.3, 0.4) is 0 Å². The predicted octanol–water partition coefficient (Wildman–Crippen LogP) is 7.35. The van der Waals surface area contributed by atoms with E-state index in [9.17, 15) is 9.90 Å². The fourth-order valence-electron chi connectivity index (χ4n) is 10.5. The predicted molar refractivity (Wildman–Crippen MR) is 131 cm³/mol. The minimum atomic E-state index is 0.00109. The van der Waals surface area contributed by atoms with E-state index in [-0.39, 0.29) is 39.6 Å². The molecule has 0 heterocycles. The summed E-state index contributed by atoms with van der Waals surface area (Å²) in [5, 5.41) is 10.2. The van der Waals surface area contributed by atoms with Gasteiger partial charge in [-0.3, -0.25) is 4.79 Å². The Balaban J connectivity index is 1.62. The highest BCUT2D eigenvalue weighted by Crippen LogP contribution is 2.75. The molecule has 0 saturated heterocycles. The number of ketones is 1. The molecule has 180 valence electrons. The summed E-state index contributed by atoms with van der Waals surface area (Å²) >= 11 is 0. The largest absolute Gasteiger partial charge is 0.396 e. The minimum absolute atomic E-state index is 0.00109. The smallest absolute Gasteiger partial charge is 0.159 e. The molecule has 4 fully saturated rings. The van der Waals surface area contributed by atoms with Gasteiger partial charge in [0, 0.05) is 12.5 Å². The Labute approximate surface area is 197 Å². The van der Waals surface area contributed by atoms with Gasteiger partial charge in [-0.1, -0.05) is 60.5 Å². The second-order valence-electron chi connectivity index (χ2n) is 15.0. The van der Waals surface area contributed by atoms with Crippen molar-refractivity contribution < 1.29 is 9.90 Å². The van der Waals surface area contributed by atoms with Gasteiger partial charge in [-0.15, -0.1) is 0 Å². The molecule has 5 rings (SSSR count). The third-order valence-corrected chi connectivity index (χ3v) is 12.8. The highest BCUT2D eigenvalue weighted by Gasteiger charge is 2.69. The summed E-state index contributed by atoms with van der Waals surface area (Å²) in [6, 6.07) is 0. The molecule has 2 nitrogen and oxygen atoms in total. The number of allylic oxidation sites excluding steroid dienone is 2. The Kier molecular flexibility index (Phi) is 4.87. The molecule has 0 radical (unpaired) electrons. The van der Waals surface area contributed by atoms with Crippen molar-refractivity contribution in [3.8, 4) is 0 Å². The van der Waals surface area contributed by atoms with Crippen LogP contribution in [0.4, 0.5) is 0 Å². The van der Waals surface area contributed by atoms with Gasteiger partial charge in [0.15, 0.2) is 5.78 Å². The van der Waals surface area contributed by atoms with Gasteiger partial charge in [-0.2, -0.15) is 0 Å². The second-order valence-corrected chi connectivity index (χ2v) is 15.0. The summed E-state index contributed by atoms with van der Waals surface area (Å²) in [7, 11) is 0. The van der Waals surface area contributed by atoms with E-state index in [1.54, 1.807) is 0 Å². The summed E-state index contributed by atoms with van der Waals surface area (Å²) in [6.07, 6.45) is 14.3. The first kappa shape index (κ1) is 23.1. The van der Waals surface area contributed by atoms with Crippen molar-refractivity contribution in [3.63, 3.8) is 0 Å². The summed E-state index contributed by atoms with van der Waals surface area (Å²) in [5.74, 6) is 1.72. The third-order valence-electron chi connectivity index (χ3n) is 12.8. The van der Waals surface area contributed by atoms with E-state index < -0.39 is 0 Å². The normalized spacial score (nSPS) is 54.6. The number of carbonyl (C=O) groups is 1. The molecule has 32 heavy (non-hydrogen) atoms. The second kappa shape index (κ2) is 6.73. The molecule has 0 bridgehead atoms. The van der Waals surface area contributed by atoms with Crippen LogP contribution >= 0.6 is 0 Å². The molecule has 4 saturated carbocycles. The van der Waals surface area contributed by atoms with Gasteiger partial charge in [-0.25, -0.2) is 0 Å². The molecular formula is C30H48O2. The van der Waals surface area contributed by atoms with Crippen molar-refractivity contribution >= 4 is 5.78 Å². The quantitative estimate of drug-likeness (QED) is 0.463. The summed E-state index contributed by atoms with van der Waals surface area (Å²) in [5.41, 5.74) is 2.41. The lowest BCUT2D eigenvalue weighted by Gasteiger charge is -2.70. The Morgan fingerprint density at radius 1 is 0.906 bits per heavy atom. The fraction of sp³-hybridized carbons (Fsp3) is 0.900. The lowest BCUT2D eigenvalue weighted by Crippen LogP contribution is -2.65.